The predicted molar refractivity (Wildman–Crippen MR) is 78.0 cm³/mol. The second-order valence-electron chi connectivity index (χ2n) is 5.85. The Morgan fingerprint density at radius 3 is 2.76 bits per heavy atom. The van der Waals surface area contributed by atoms with Gasteiger partial charge in [-0.2, -0.15) is 0 Å². The molecule has 1 atom stereocenters. The number of anilines is 1. The zero-order valence-electron chi connectivity index (χ0n) is 12.0. The van der Waals surface area contributed by atoms with Gasteiger partial charge < -0.3 is 19.9 Å². The van der Waals surface area contributed by atoms with E-state index in [9.17, 15) is 4.79 Å². The van der Waals surface area contributed by atoms with Crippen LogP contribution in [0.15, 0.2) is 24.3 Å². The molecule has 2 fully saturated rings. The van der Waals surface area contributed by atoms with Gasteiger partial charge >= 0.3 is 5.97 Å². The Morgan fingerprint density at radius 2 is 2.10 bits per heavy atom. The second-order valence-corrected chi connectivity index (χ2v) is 5.85. The van der Waals surface area contributed by atoms with Crippen molar-refractivity contribution in [1.82, 2.24) is 0 Å². The first-order valence-electron chi connectivity index (χ1n) is 7.47. The van der Waals surface area contributed by atoms with E-state index >= 15 is 0 Å². The summed E-state index contributed by atoms with van der Waals surface area (Å²) in [6.45, 7) is 0.602. The van der Waals surface area contributed by atoms with E-state index in [1.165, 1.54) is 6.42 Å². The van der Waals surface area contributed by atoms with Crippen molar-refractivity contribution < 1.29 is 19.0 Å². The molecule has 1 aromatic carbocycles. The molecule has 1 spiro atoms. The van der Waals surface area contributed by atoms with E-state index in [0.717, 1.165) is 25.7 Å². The van der Waals surface area contributed by atoms with Crippen molar-refractivity contribution in [3.8, 4) is 5.75 Å². The third-order valence-electron chi connectivity index (χ3n) is 4.25. The van der Waals surface area contributed by atoms with Gasteiger partial charge in [-0.05, 0) is 43.5 Å². The average Bonchev–Trinajstić information content (AvgIpc) is 2.45. The normalized spacial score (nSPS) is 23.3. The summed E-state index contributed by atoms with van der Waals surface area (Å²) in [7, 11) is 0. The van der Waals surface area contributed by atoms with Gasteiger partial charge in [-0.15, -0.1) is 0 Å². The van der Waals surface area contributed by atoms with Crippen LogP contribution in [0.3, 0.4) is 0 Å². The van der Waals surface area contributed by atoms with Crippen molar-refractivity contribution in [3.05, 3.63) is 24.3 Å². The first-order chi connectivity index (χ1) is 10.2. The Hall–Kier alpha value is -1.75. The number of nitrogens with two attached hydrogens (primary N) is 1. The number of esters is 1. The van der Waals surface area contributed by atoms with Crippen LogP contribution in [-0.4, -0.2) is 30.9 Å². The lowest BCUT2D eigenvalue weighted by Crippen LogP contribution is -2.48. The molecule has 114 valence electrons. The average molecular weight is 291 g/mol. The van der Waals surface area contributed by atoms with Crippen LogP contribution in [0.4, 0.5) is 5.69 Å². The zero-order chi connectivity index (χ0) is 14.7. The summed E-state index contributed by atoms with van der Waals surface area (Å²) < 4.78 is 16.7. The molecule has 0 aromatic heterocycles. The molecule has 5 nitrogen and oxygen atoms in total. The third kappa shape index (κ3) is 3.47. The minimum Gasteiger partial charge on any atom is -0.482 e. The van der Waals surface area contributed by atoms with Crippen molar-refractivity contribution in [2.45, 2.75) is 43.8 Å². The van der Waals surface area contributed by atoms with Crippen LogP contribution < -0.4 is 10.5 Å². The molecule has 0 radical (unpaired) electrons. The summed E-state index contributed by atoms with van der Waals surface area (Å²) in [6, 6.07) is 6.94. The van der Waals surface area contributed by atoms with Gasteiger partial charge in [0.1, 0.15) is 11.9 Å². The molecule has 3 rings (SSSR count). The molecule has 1 heterocycles. The van der Waals surface area contributed by atoms with Crippen molar-refractivity contribution in [2.24, 2.45) is 0 Å². The van der Waals surface area contributed by atoms with Gasteiger partial charge in [0.2, 0.25) is 0 Å². The first-order valence-corrected chi connectivity index (χ1v) is 7.47. The van der Waals surface area contributed by atoms with Crippen LogP contribution >= 0.6 is 0 Å². The van der Waals surface area contributed by atoms with Crippen LogP contribution in [-0.2, 0) is 14.3 Å². The standard InChI is InChI=1S/C16H21NO4/c17-12-2-4-13(5-3-12)19-11-15(18)21-14-6-9-20-16(10-14)7-1-8-16/h2-5,14H,1,6-11,17H2. The molecular formula is C16H21NO4. The van der Waals surface area contributed by atoms with Gasteiger partial charge in [-0.1, -0.05) is 0 Å². The maximum absolute atomic E-state index is 11.9. The number of hydrogen-bond donors (Lipinski definition) is 1. The molecule has 1 saturated carbocycles. The Bertz CT molecular complexity index is 496. The molecule has 0 bridgehead atoms. The van der Waals surface area contributed by atoms with Crippen molar-refractivity contribution in [2.75, 3.05) is 18.9 Å². The molecule has 0 amide bonds. The molecule has 1 aromatic rings. The molecule has 21 heavy (non-hydrogen) atoms. The molecule has 2 N–H and O–H groups in total. The summed E-state index contributed by atoms with van der Waals surface area (Å²) in [5.41, 5.74) is 6.24. The number of nitrogen functional groups attached to an aromatic ring is 1. The number of ether oxygens (including phenoxy) is 3. The number of carbonyl (C=O) groups excluding carboxylic acids is 1. The summed E-state index contributed by atoms with van der Waals surface area (Å²) in [5, 5.41) is 0. The molecular weight excluding hydrogens is 270 g/mol. The third-order valence-corrected chi connectivity index (χ3v) is 4.25. The van der Waals surface area contributed by atoms with Crippen LogP contribution in [0.1, 0.15) is 32.1 Å². The minimum absolute atomic E-state index is 0.0129. The smallest absolute Gasteiger partial charge is 0.344 e. The lowest BCUT2D eigenvalue weighted by atomic mass is 9.74. The Balaban J connectivity index is 1.44. The number of rotatable bonds is 4. The molecule has 1 saturated heterocycles. The van der Waals surface area contributed by atoms with E-state index < -0.39 is 0 Å². The van der Waals surface area contributed by atoms with E-state index in [4.69, 9.17) is 19.9 Å². The maximum atomic E-state index is 11.9. The van der Waals surface area contributed by atoms with Gasteiger partial charge in [0, 0.05) is 18.5 Å². The highest BCUT2D eigenvalue weighted by atomic mass is 16.6. The fourth-order valence-electron chi connectivity index (χ4n) is 2.93. The van der Waals surface area contributed by atoms with Gasteiger partial charge in [0.25, 0.3) is 0 Å². The van der Waals surface area contributed by atoms with Crippen molar-refractivity contribution in [1.29, 1.82) is 0 Å². The Morgan fingerprint density at radius 1 is 1.33 bits per heavy atom. The first kappa shape index (κ1) is 14.2. The van der Waals surface area contributed by atoms with E-state index in [0.29, 0.717) is 18.0 Å². The quantitative estimate of drug-likeness (QED) is 0.681. The fourth-order valence-corrected chi connectivity index (χ4v) is 2.93. The molecule has 1 aliphatic heterocycles. The van der Waals surface area contributed by atoms with Crippen LogP contribution in [0.5, 0.6) is 5.75 Å². The van der Waals surface area contributed by atoms with Crippen LogP contribution in [0.2, 0.25) is 0 Å². The van der Waals surface area contributed by atoms with Gasteiger partial charge in [-0.25, -0.2) is 4.79 Å². The highest BCUT2D eigenvalue weighted by Crippen LogP contribution is 2.42. The van der Waals surface area contributed by atoms with Crippen molar-refractivity contribution >= 4 is 11.7 Å². The fraction of sp³-hybridized carbons (Fsp3) is 0.562. The van der Waals surface area contributed by atoms with E-state index in [2.05, 4.69) is 0 Å². The number of benzene rings is 1. The number of hydrogen-bond acceptors (Lipinski definition) is 5. The van der Waals surface area contributed by atoms with E-state index in [1.54, 1.807) is 24.3 Å². The predicted octanol–water partition coefficient (Wildman–Crippen LogP) is 2.29. The van der Waals surface area contributed by atoms with Gasteiger partial charge in [-0.3, -0.25) is 0 Å². The highest BCUT2D eigenvalue weighted by molar-refractivity contribution is 5.71. The SMILES string of the molecule is Nc1ccc(OCC(=O)OC2CCOC3(CCC3)C2)cc1. The minimum atomic E-state index is -0.326. The molecule has 5 heteroatoms. The summed E-state index contributed by atoms with van der Waals surface area (Å²) in [4.78, 5) is 11.9. The van der Waals surface area contributed by atoms with E-state index in [1.807, 2.05) is 0 Å². The second kappa shape index (κ2) is 5.93. The van der Waals surface area contributed by atoms with Crippen LogP contribution in [0, 0.1) is 0 Å². The molecule has 1 aliphatic carbocycles. The summed E-state index contributed by atoms with van der Waals surface area (Å²) in [5.74, 6) is 0.289. The Kier molecular flexibility index (Phi) is 4.01. The lowest BCUT2D eigenvalue weighted by Gasteiger charge is -2.46. The molecule has 1 unspecified atom stereocenters. The Labute approximate surface area is 124 Å². The summed E-state index contributed by atoms with van der Waals surface area (Å²) in [6.07, 6.45) is 4.93. The maximum Gasteiger partial charge on any atom is 0.344 e. The number of carbonyl (C=O) groups is 1. The van der Waals surface area contributed by atoms with Crippen LogP contribution in [0.25, 0.3) is 0 Å². The monoisotopic (exact) mass is 291 g/mol. The van der Waals surface area contributed by atoms with Crippen molar-refractivity contribution in [3.63, 3.8) is 0 Å². The van der Waals surface area contributed by atoms with Gasteiger partial charge in [0.15, 0.2) is 6.61 Å². The van der Waals surface area contributed by atoms with Gasteiger partial charge in [0.05, 0.1) is 12.2 Å². The topological polar surface area (TPSA) is 70.8 Å². The zero-order valence-corrected chi connectivity index (χ0v) is 12.0. The lowest BCUT2D eigenvalue weighted by molar-refractivity contribution is -0.182. The summed E-state index contributed by atoms with van der Waals surface area (Å²) >= 11 is 0. The van der Waals surface area contributed by atoms with E-state index in [-0.39, 0.29) is 24.3 Å². The largest absolute Gasteiger partial charge is 0.482 e. The molecule has 2 aliphatic rings. The highest BCUT2D eigenvalue weighted by Gasteiger charge is 2.43.